The predicted molar refractivity (Wildman–Crippen MR) is 67.0 cm³/mol. The van der Waals surface area contributed by atoms with E-state index in [1.807, 2.05) is 0 Å². The van der Waals surface area contributed by atoms with E-state index in [-0.39, 0.29) is 33.2 Å². The van der Waals surface area contributed by atoms with Gasteiger partial charge in [0.2, 0.25) is 0 Å². The summed E-state index contributed by atoms with van der Waals surface area (Å²) < 4.78 is 36.0. The summed E-state index contributed by atoms with van der Waals surface area (Å²) in [6.07, 6.45) is 0.857. The number of hydrogen-bond donors (Lipinski definition) is 0. The lowest BCUT2D eigenvalue weighted by Crippen LogP contribution is -1.95. The maximum absolute atomic E-state index is 13.5. The summed E-state index contributed by atoms with van der Waals surface area (Å²) >= 11 is 5.74. The number of hydrogen-bond acceptors (Lipinski definition) is 3. The van der Waals surface area contributed by atoms with Crippen LogP contribution in [0.5, 0.6) is 0 Å². The van der Waals surface area contributed by atoms with Gasteiger partial charge in [-0.2, -0.15) is 0 Å². The van der Waals surface area contributed by atoms with Gasteiger partial charge >= 0.3 is 0 Å². The molecule has 17 heavy (non-hydrogen) atoms. The molecule has 0 bridgehead atoms. The molecule has 1 heterocycles. The number of fused-ring (bicyclic) bond motifs is 1. The fraction of sp³-hybridized carbons (Fsp3) is 0. The van der Waals surface area contributed by atoms with Gasteiger partial charge in [-0.3, -0.25) is 0 Å². The van der Waals surface area contributed by atoms with Crippen molar-refractivity contribution in [1.29, 1.82) is 0 Å². The third-order valence-electron chi connectivity index (χ3n) is 2.04. The van der Waals surface area contributed by atoms with Crippen LogP contribution >= 0.6 is 34.7 Å². The first-order valence-corrected chi connectivity index (χ1v) is 6.77. The zero-order chi connectivity index (χ0) is 11.9. The molecule has 0 saturated carbocycles. The molecule has 0 aliphatic heterocycles. The van der Waals surface area contributed by atoms with E-state index in [4.69, 9.17) is 22.3 Å². The highest BCUT2D eigenvalue weighted by Gasteiger charge is 2.18. The molecular weight excluding hydrogens is 312 g/mol. The van der Waals surface area contributed by atoms with E-state index < -0.39 is 14.9 Å². The van der Waals surface area contributed by atoms with Crippen LogP contribution < -0.4 is 0 Å². The molecule has 1 aromatic carbocycles. The number of benzene rings is 1. The zero-order valence-electron chi connectivity index (χ0n) is 8.02. The molecule has 0 fully saturated rings. The summed E-state index contributed by atoms with van der Waals surface area (Å²) in [5.74, 6) is -0.778. The molecule has 2 aromatic rings. The van der Waals surface area contributed by atoms with Gasteiger partial charge in [0, 0.05) is 21.5 Å². The van der Waals surface area contributed by atoms with Gasteiger partial charge in [0.1, 0.15) is 5.15 Å². The Morgan fingerprint density at radius 3 is 2.53 bits per heavy atom. The number of halogens is 4. The minimum atomic E-state index is -4.02. The van der Waals surface area contributed by atoms with Crippen molar-refractivity contribution in [3.63, 3.8) is 0 Å². The monoisotopic (exact) mass is 315 g/mol. The van der Waals surface area contributed by atoms with Crippen molar-refractivity contribution in [2.75, 3.05) is 0 Å². The van der Waals surface area contributed by atoms with Gasteiger partial charge < -0.3 is 0 Å². The van der Waals surface area contributed by atoms with Gasteiger partial charge in [-0.1, -0.05) is 23.7 Å². The van der Waals surface area contributed by atoms with Crippen molar-refractivity contribution < 1.29 is 12.8 Å². The van der Waals surface area contributed by atoms with E-state index in [9.17, 15) is 12.8 Å². The number of aromatic nitrogens is 1. The van der Waals surface area contributed by atoms with Crippen molar-refractivity contribution >= 4 is 54.5 Å². The first kappa shape index (κ1) is 14.4. The van der Waals surface area contributed by atoms with Crippen molar-refractivity contribution in [1.82, 2.24) is 4.98 Å². The summed E-state index contributed by atoms with van der Waals surface area (Å²) in [5.41, 5.74) is 0. The van der Waals surface area contributed by atoms with E-state index in [1.165, 1.54) is 18.2 Å². The Balaban J connectivity index is 0.00000144. The minimum absolute atomic E-state index is 0. The summed E-state index contributed by atoms with van der Waals surface area (Å²) in [6.45, 7) is 0. The molecule has 1 aromatic heterocycles. The molecule has 0 aliphatic rings. The zero-order valence-corrected chi connectivity index (χ0v) is 11.2. The molecule has 0 saturated heterocycles. The number of pyridine rings is 1. The van der Waals surface area contributed by atoms with Crippen LogP contribution in [0.3, 0.4) is 0 Å². The average Bonchev–Trinajstić information content (AvgIpc) is 2.22. The van der Waals surface area contributed by atoms with Gasteiger partial charge in [-0.05, 0) is 6.07 Å². The lowest BCUT2D eigenvalue weighted by molar-refractivity contribution is 0.607. The predicted octanol–water partition coefficient (Wildman–Crippen LogP) is 3.38. The molecule has 3 nitrogen and oxygen atoms in total. The molecule has 8 heteroatoms. The summed E-state index contributed by atoms with van der Waals surface area (Å²) in [7, 11) is 1.18. The highest BCUT2D eigenvalue weighted by atomic mass is 35.7. The first-order chi connectivity index (χ1) is 7.41. The van der Waals surface area contributed by atoms with Crippen molar-refractivity contribution in [3.05, 3.63) is 35.4 Å². The van der Waals surface area contributed by atoms with Crippen LogP contribution in [0.4, 0.5) is 4.39 Å². The molecule has 92 valence electrons. The second-order valence-electron chi connectivity index (χ2n) is 3.01. The third-order valence-corrected chi connectivity index (χ3v) is 3.71. The lowest BCUT2D eigenvalue weighted by atomic mass is 10.2. The normalized spacial score (nSPS) is 11.2. The van der Waals surface area contributed by atoms with Crippen molar-refractivity contribution in [3.8, 4) is 0 Å². The number of nitrogens with zero attached hydrogens (tertiary/aromatic N) is 1. The van der Waals surface area contributed by atoms with Crippen LogP contribution in [0.25, 0.3) is 10.8 Å². The third kappa shape index (κ3) is 2.63. The van der Waals surface area contributed by atoms with Crippen LogP contribution in [0.1, 0.15) is 0 Å². The Kier molecular flexibility index (Phi) is 4.19. The largest absolute Gasteiger partial charge is 0.262 e. The Labute approximate surface area is 112 Å². The SMILES string of the molecule is Cl.O=S(=O)(Cl)c1cccc2c(Cl)ncc(F)c12. The fourth-order valence-corrected chi connectivity index (χ4v) is 2.68. The second kappa shape index (κ2) is 4.94. The van der Waals surface area contributed by atoms with Gasteiger partial charge in [0.25, 0.3) is 9.05 Å². The minimum Gasteiger partial charge on any atom is -0.241 e. The molecule has 2 rings (SSSR count). The van der Waals surface area contributed by atoms with Crippen LogP contribution in [-0.2, 0) is 9.05 Å². The average molecular weight is 317 g/mol. The van der Waals surface area contributed by atoms with E-state index in [1.54, 1.807) is 0 Å². The molecule has 0 aliphatic carbocycles. The van der Waals surface area contributed by atoms with Crippen molar-refractivity contribution in [2.24, 2.45) is 0 Å². The van der Waals surface area contributed by atoms with Crippen LogP contribution in [0.2, 0.25) is 5.15 Å². The highest BCUT2D eigenvalue weighted by Crippen LogP contribution is 2.30. The highest BCUT2D eigenvalue weighted by molar-refractivity contribution is 8.14. The summed E-state index contributed by atoms with van der Waals surface area (Å²) in [6, 6.07) is 4.11. The second-order valence-corrected chi connectivity index (χ2v) is 5.91. The summed E-state index contributed by atoms with van der Waals surface area (Å²) in [4.78, 5) is 3.27. The number of rotatable bonds is 1. The van der Waals surface area contributed by atoms with Gasteiger partial charge in [0.05, 0.1) is 11.1 Å². The van der Waals surface area contributed by atoms with Gasteiger partial charge in [0.15, 0.2) is 5.82 Å². The Morgan fingerprint density at radius 1 is 1.29 bits per heavy atom. The van der Waals surface area contributed by atoms with Crippen LogP contribution in [-0.4, -0.2) is 13.4 Å². The Bertz CT molecular complexity index is 675. The Morgan fingerprint density at radius 2 is 1.94 bits per heavy atom. The maximum Gasteiger partial charge on any atom is 0.262 e. The van der Waals surface area contributed by atoms with E-state index in [0.29, 0.717) is 0 Å². The first-order valence-electron chi connectivity index (χ1n) is 4.08. The molecule has 0 radical (unpaired) electrons. The topological polar surface area (TPSA) is 47.0 Å². The van der Waals surface area contributed by atoms with E-state index in [0.717, 1.165) is 6.20 Å². The molecule has 0 atom stereocenters. The fourth-order valence-electron chi connectivity index (χ4n) is 1.40. The van der Waals surface area contributed by atoms with Crippen molar-refractivity contribution in [2.45, 2.75) is 4.90 Å². The molecule has 0 N–H and O–H groups in total. The summed E-state index contributed by atoms with van der Waals surface area (Å²) in [5, 5.41) is 0.0967. The Hall–Kier alpha value is -0.620. The lowest BCUT2D eigenvalue weighted by Gasteiger charge is -2.05. The maximum atomic E-state index is 13.5. The van der Waals surface area contributed by atoms with Crippen LogP contribution in [0, 0.1) is 5.82 Å². The van der Waals surface area contributed by atoms with Gasteiger partial charge in [-0.25, -0.2) is 17.8 Å². The van der Waals surface area contributed by atoms with E-state index in [2.05, 4.69) is 4.98 Å². The van der Waals surface area contributed by atoms with Gasteiger partial charge in [-0.15, -0.1) is 12.4 Å². The van der Waals surface area contributed by atoms with Crippen LogP contribution in [0.15, 0.2) is 29.3 Å². The standard InChI is InChI=1S/C9H4Cl2FNO2S.ClH/c10-9-5-2-1-3-7(16(11,14)15)8(5)6(12)4-13-9;/h1-4H;1H. The molecule has 0 unspecified atom stereocenters. The molecule has 0 amide bonds. The smallest absolute Gasteiger partial charge is 0.241 e. The van der Waals surface area contributed by atoms with E-state index >= 15 is 0 Å². The quantitative estimate of drug-likeness (QED) is 0.598. The molecular formula is C9H5Cl3FNO2S. The molecule has 0 spiro atoms.